The largest absolute Gasteiger partial charge is 0.324 e. The first-order chi connectivity index (χ1) is 15.8. The van der Waals surface area contributed by atoms with Gasteiger partial charge in [-0.15, -0.1) is 12.4 Å². The summed E-state index contributed by atoms with van der Waals surface area (Å²) in [7, 11) is 0. The zero-order valence-corrected chi connectivity index (χ0v) is 19.1. The predicted molar refractivity (Wildman–Crippen MR) is 132 cm³/mol. The average Bonchev–Trinajstić information content (AvgIpc) is 3.60. The predicted octanol–water partition coefficient (Wildman–Crippen LogP) is 3.86. The fraction of sp³-hybridized carbons (Fsp3) is 0.333. The van der Waals surface area contributed by atoms with Crippen LogP contribution in [0, 0.1) is 0 Å². The number of imidazole rings is 1. The van der Waals surface area contributed by atoms with Gasteiger partial charge < -0.3 is 15.6 Å². The standard InChI is InChI=1S/C24H26N8.ClH/c1-2-17(1)23-27-13-19(14-28-23)18-3-4-20-21(12-18)30-24(29-20)31-22-11-16(5-6-26-22)15-32-9-7-25-8-10-32;/h3-6,11-14,17,25H,1-2,7-10,15H2,(H2,26,29,30,31);1H. The molecular weight excluding hydrogens is 436 g/mol. The normalized spacial score (nSPS) is 16.5. The first-order valence-electron chi connectivity index (χ1n) is 11.3. The molecule has 1 saturated heterocycles. The molecule has 33 heavy (non-hydrogen) atoms. The van der Waals surface area contributed by atoms with Crippen molar-refractivity contribution in [1.29, 1.82) is 0 Å². The molecule has 0 unspecified atom stereocenters. The highest BCUT2D eigenvalue weighted by molar-refractivity contribution is 5.85. The van der Waals surface area contributed by atoms with Gasteiger partial charge in [-0.1, -0.05) is 6.07 Å². The second-order valence-corrected chi connectivity index (χ2v) is 8.62. The number of benzene rings is 1. The van der Waals surface area contributed by atoms with Crippen LogP contribution in [0.2, 0.25) is 0 Å². The summed E-state index contributed by atoms with van der Waals surface area (Å²) in [6.07, 6.45) is 8.12. The molecule has 0 bridgehead atoms. The third kappa shape index (κ3) is 4.98. The first kappa shape index (κ1) is 21.8. The van der Waals surface area contributed by atoms with Gasteiger partial charge in [-0.05, 0) is 48.2 Å². The Balaban J connectivity index is 0.00000228. The van der Waals surface area contributed by atoms with Crippen LogP contribution in [-0.4, -0.2) is 56.0 Å². The van der Waals surface area contributed by atoms with Crippen molar-refractivity contribution in [3.8, 4) is 11.1 Å². The van der Waals surface area contributed by atoms with Crippen molar-refractivity contribution in [3.05, 3.63) is 60.3 Å². The lowest BCUT2D eigenvalue weighted by Gasteiger charge is -2.27. The maximum atomic E-state index is 4.68. The van der Waals surface area contributed by atoms with Gasteiger partial charge >= 0.3 is 0 Å². The van der Waals surface area contributed by atoms with Crippen LogP contribution in [0.5, 0.6) is 0 Å². The monoisotopic (exact) mass is 462 g/mol. The van der Waals surface area contributed by atoms with E-state index in [9.17, 15) is 0 Å². The summed E-state index contributed by atoms with van der Waals surface area (Å²) in [6, 6.07) is 10.4. The molecule has 3 aromatic heterocycles. The highest BCUT2D eigenvalue weighted by Gasteiger charge is 2.26. The minimum atomic E-state index is 0. The molecule has 1 aliphatic heterocycles. The fourth-order valence-corrected chi connectivity index (χ4v) is 4.18. The molecule has 0 spiro atoms. The van der Waals surface area contributed by atoms with Gasteiger partial charge in [0, 0.05) is 62.8 Å². The van der Waals surface area contributed by atoms with Crippen LogP contribution in [0.3, 0.4) is 0 Å². The van der Waals surface area contributed by atoms with Crippen molar-refractivity contribution in [1.82, 2.24) is 35.1 Å². The Hall–Kier alpha value is -3.07. The van der Waals surface area contributed by atoms with E-state index >= 15 is 0 Å². The fourth-order valence-electron chi connectivity index (χ4n) is 4.18. The van der Waals surface area contributed by atoms with Crippen molar-refractivity contribution in [2.75, 3.05) is 31.5 Å². The zero-order chi connectivity index (χ0) is 21.3. The smallest absolute Gasteiger partial charge is 0.206 e. The van der Waals surface area contributed by atoms with Crippen LogP contribution in [0.25, 0.3) is 22.2 Å². The Bertz CT molecular complexity index is 1230. The van der Waals surface area contributed by atoms with Crippen molar-refractivity contribution in [3.63, 3.8) is 0 Å². The zero-order valence-electron chi connectivity index (χ0n) is 18.3. The first-order valence-corrected chi connectivity index (χ1v) is 11.3. The molecule has 170 valence electrons. The number of nitrogens with one attached hydrogen (secondary N) is 3. The second-order valence-electron chi connectivity index (χ2n) is 8.62. The molecule has 2 aliphatic rings. The lowest BCUT2D eigenvalue weighted by molar-refractivity contribution is 0.233. The van der Waals surface area contributed by atoms with E-state index in [-0.39, 0.29) is 12.4 Å². The summed E-state index contributed by atoms with van der Waals surface area (Å²) < 4.78 is 0. The number of aromatic nitrogens is 5. The summed E-state index contributed by atoms with van der Waals surface area (Å²) in [6.45, 7) is 5.18. The molecule has 4 aromatic rings. The Morgan fingerprint density at radius 1 is 0.970 bits per heavy atom. The molecule has 4 heterocycles. The van der Waals surface area contributed by atoms with E-state index in [1.165, 1.54) is 18.4 Å². The lowest BCUT2D eigenvalue weighted by Crippen LogP contribution is -2.42. The molecule has 1 aromatic carbocycles. The third-order valence-corrected chi connectivity index (χ3v) is 6.12. The summed E-state index contributed by atoms with van der Waals surface area (Å²) in [4.78, 5) is 24.1. The molecule has 1 saturated carbocycles. The average molecular weight is 463 g/mol. The van der Waals surface area contributed by atoms with Crippen molar-refractivity contribution in [2.24, 2.45) is 0 Å². The number of pyridine rings is 1. The summed E-state index contributed by atoms with van der Waals surface area (Å²) >= 11 is 0. The number of piperazine rings is 1. The minimum absolute atomic E-state index is 0. The van der Waals surface area contributed by atoms with E-state index in [1.54, 1.807) is 0 Å². The Kier molecular flexibility index (Phi) is 6.22. The summed E-state index contributed by atoms with van der Waals surface area (Å²) in [5.74, 6) is 3.01. The minimum Gasteiger partial charge on any atom is -0.324 e. The van der Waals surface area contributed by atoms with Gasteiger partial charge in [0.05, 0.1) is 11.0 Å². The van der Waals surface area contributed by atoms with E-state index in [0.29, 0.717) is 11.9 Å². The van der Waals surface area contributed by atoms with Crippen LogP contribution in [0.15, 0.2) is 48.9 Å². The Morgan fingerprint density at radius 3 is 2.58 bits per heavy atom. The van der Waals surface area contributed by atoms with Gasteiger partial charge in [-0.2, -0.15) is 0 Å². The lowest BCUT2D eigenvalue weighted by atomic mass is 10.1. The number of hydrogen-bond donors (Lipinski definition) is 3. The van der Waals surface area contributed by atoms with Gasteiger partial charge in [0.1, 0.15) is 11.6 Å². The maximum Gasteiger partial charge on any atom is 0.206 e. The van der Waals surface area contributed by atoms with E-state index in [2.05, 4.69) is 64.7 Å². The van der Waals surface area contributed by atoms with Gasteiger partial charge in [0.25, 0.3) is 0 Å². The maximum absolute atomic E-state index is 4.68. The highest BCUT2D eigenvalue weighted by atomic mass is 35.5. The van der Waals surface area contributed by atoms with Crippen LogP contribution < -0.4 is 10.6 Å². The van der Waals surface area contributed by atoms with Crippen LogP contribution >= 0.6 is 12.4 Å². The number of hydrogen-bond acceptors (Lipinski definition) is 7. The van der Waals surface area contributed by atoms with E-state index in [0.717, 1.165) is 66.5 Å². The Morgan fingerprint density at radius 2 is 1.79 bits per heavy atom. The van der Waals surface area contributed by atoms with Gasteiger partial charge in [-0.3, -0.25) is 4.90 Å². The molecule has 3 N–H and O–H groups in total. The molecule has 2 fully saturated rings. The third-order valence-electron chi connectivity index (χ3n) is 6.12. The Labute approximate surface area is 198 Å². The molecule has 0 radical (unpaired) electrons. The van der Waals surface area contributed by atoms with Crippen molar-refractivity contribution < 1.29 is 0 Å². The molecule has 8 nitrogen and oxygen atoms in total. The van der Waals surface area contributed by atoms with Crippen LogP contribution in [0.4, 0.5) is 11.8 Å². The number of nitrogens with zero attached hydrogens (tertiary/aromatic N) is 5. The highest BCUT2D eigenvalue weighted by Crippen LogP contribution is 2.38. The second kappa shape index (κ2) is 9.43. The quantitative estimate of drug-likeness (QED) is 0.400. The molecule has 9 heteroatoms. The molecule has 1 aliphatic carbocycles. The number of fused-ring (bicyclic) bond motifs is 1. The van der Waals surface area contributed by atoms with E-state index in [4.69, 9.17) is 0 Å². The molecule has 0 amide bonds. The molecule has 6 rings (SSSR count). The number of aromatic amines is 1. The van der Waals surface area contributed by atoms with Gasteiger partial charge in [0.2, 0.25) is 5.95 Å². The van der Waals surface area contributed by atoms with E-state index in [1.807, 2.05) is 24.7 Å². The number of halogens is 1. The number of anilines is 2. The topological polar surface area (TPSA) is 94.6 Å². The van der Waals surface area contributed by atoms with E-state index < -0.39 is 0 Å². The number of H-pyrrole nitrogens is 1. The van der Waals surface area contributed by atoms with Crippen LogP contribution in [0.1, 0.15) is 30.1 Å². The summed E-state index contributed by atoms with van der Waals surface area (Å²) in [5.41, 5.74) is 5.21. The van der Waals surface area contributed by atoms with Gasteiger partial charge in [-0.25, -0.2) is 19.9 Å². The summed E-state index contributed by atoms with van der Waals surface area (Å²) in [5, 5.41) is 6.72. The molecular formula is C24H27ClN8. The SMILES string of the molecule is Cl.c1cc(CN2CCNCC2)cc(Nc2nc3ccc(-c4cnc(C5CC5)nc4)cc3[nH]2)n1. The van der Waals surface area contributed by atoms with Crippen molar-refractivity contribution in [2.45, 2.75) is 25.3 Å². The van der Waals surface area contributed by atoms with Gasteiger partial charge in [0.15, 0.2) is 0 Å². The number of rotatable bonds is 6. The van der Waals surface area contributed by atoms with Crippen LogP contribution in [-0.2, 0) is 6.54 Å². The molecule has 0 atom stereocenters. The van der Waals surface area contributed by atoms with Crippen molar-refractivity contribution >= 4 is 35.2 Å².